The number of carbonyl (C=O) groups is 1. The molecule has 2 unspecified atom stereocenters. The molecule has 2 saturated heterocycles. The fourth-order valence-corrected chi connectivity index (χ4v) is 2.66. The quantitative estimate of drug-likeness (QED) is 0.752. The maximum absolute atomic E-state index is 11.4. The summed E-state index contributed by atoms with van der Waals surface area (Å²) in [7, 11) is 0. The van der Waals surface area contributed by atoms with Gasteiger partial charge in [0.2, 0.25) is 0 Å². The highest BCUT2D eigenvalue weighted by Crippen LogP contribution is 2.40. The predicted octanol–water partition coefficient (Wildman–Crippen LogP) is 1.29. The van der Waals surface area contributed by atoms with Crippen LogP contribution in [0.15, 0.2) is 0 Å². The van der Waals surface area contributed by atoms with E-state index in [1.807, 2.05) is 0 Å². The second-order valence-corrected chi connectivity index (χ2v) is 4.53. The van der Waals surface area contributed by atoms with Crippen LogP contribution in [0.4, 0.5) is 0 Å². The summed E-state index contributed by atoms with van der Waals surface area (Å²) in [5, 5.41) is 9.41. The van der Waals surface area contributed by atoms with Gasteiger partial charge in [-0.15, -0.1) is 0 Å². The summed E-state index contributed by atoms with van der Waals surface area (Å²) >= 11 is 0. The van der Waals surface area contributed by atoms with Crippen LogP contribution in [0.3, 0.4) is 0 Å². The van der Waals surface area contributed by atoms with Crippen LogP contribution < -0.4 is 0 Å². The molecule has 2 fully saturated rings. The van der Waals surface area contributed by atoms with E-state index >= 15 is 0 Å². The molecule has 0 aliphatic carbocycles. The van der Waals surface area contributed by atoms with Crippen LogP contribution in [-0.4, -0.2) is 37.5 Å². The average molecular weight is 214 g/mol. The molecule has 0 bridgehead atoms. The highest BCUT2D eigenvalue weighted by molar-refractivity contribution is 5.75. The number of carboxylic acids is 1. The molecule has 4 heteroatoms. The molecular formula is C11H18O4. The van der Waals surface area contributed by atoms with Crippen molar-refractivity contribution in [3.63, 3.8) is 0 Å². The zero-order valence-electron chi connectivity index (χ0n) is 8.91. The summed E-state index contributed by atoms with van der Waals surface area (Å²) in [6, 6.07) is 0. The Labute approximate surface area is 89.6 Å². The molecule has 86 valence electrons. The molecule has 2 atom stereocenters. The Morgan fingerprint density at radius 1 is 1.27 bits per heavy atom. The second-order valence-electron chi connectivity index (χ2n) is 4.53. The Bertz CT molecular complexity index is 227. The van der Waals surface area contributed by atoms with E-state index in [1.54, 1.807) is 0 Å². The average Bonchev–Trinajstić information content (AvgIpc) is 2.31. The molecule has 0 aromatic carbocycles. The van der Waals surface area contributed by atoms with E-state index in [0.717, 1.165) is 32.3 Å². The van der Waals surface area contributed by atoms with Gasteiger partial charge in [-0.25, -0.2) is 0 Å². The Morgan fingerprint density at radius 3 is 2.60 bits per heavy atom. The monoisotopic (exact) mass is 214 g/mol. The number of carboxylic acid groups (broad SMARTS) is 1. The maximum atomic E-state index is 11.4. The Hall–Kier alpha value is -0.610. The second kappa shape index (κ2) is 4.49. The lowest BCUT2D eigenvalue weighted by Gasteiger charge is -2.41. The molecule has 4 nitrogen and oxygen atoms in total. The molecule has 0 radical (unpaired) electrons. The van der Waals surface area contributed by atoms with Gasteiger partial charge in [0.05, 0.1) is 18.6 Å². The summed E-state index contributed by atoms with van der Waals surface area (Å²) in [6.07, 6.45) is 3.51. The molecule has 0 aromatic heterocycles. The van der Waals surface area contributed by atoms with Gasteiger partial charge >= 0.3 is 5.97 Å². The summed E-state index contributed by atoms with van der Waals surface area (Å²) < 4.78 is 10.8. The van der Waals surface area contributed by atoms with Crippen molar-refractivity contribution in [2.24, 2.45) is 11.3 Å². The SMILES string of the molecule is O=C(O)C1(C2CCCOC2)CCCOC1. The van der Waals surface area contributed by atoms with Crippen molar-refractivity contribution < 1.29 is 19.4 Å². The van der Waals surface area contributed by atoms with E-state index in [1.165, 1.54) is 0 Å². The number of ether oxygens (including phenoxy) is 2. The van der Waals surface area contributed by atoms with Crippen molar-refractivity contribution in [3.8, 4) is 0 Å². The fourth-order valence-electron chi connectivity index (χ4n) is 2.66. The van der Waals surface area contributed by atoms with Gasteiger partial charge in [0, 0.05) is 19.1 Å². The molecule has 2 heterocycles. The van der Waals surface area contributed by atoms with Crippen LogP contribution in [0.2, 0.25) is 0 Å². The van der Waals surface area contributed by atoms with Gasteiger partial charge in [-0.3, -0.25) is 4.79 Å². The van der Waals surface area contributed by atoms with Crippen LogP contribution in [0.5, 0.6) is 0 Å². The summed E-state index contributed by atoms with van der Waals surface area (Å²) in [5.41, 5.74) is -0.682. The van der Waals surface area contributed by atoms with Crippen LogP contribution in [0.25, 0.3) is 0 Å². The van der Waals surface area contributed by atoms with Crippen molar-refractivity contribution in [2.75, 3.05) is 26.4 Å². The zero-order valence-corrected chi connectivity index (χ0v) is 8.91. The molecule has 0 spiro atoms. The molecule has 2 aliphatic heterocycles. The Morgan fingerprint density at radius 2 is 2.07 bits per heavy atom. The lowest BCUT2D eigenvalue weighted by Crippen LogP contribution is -2.48. The first-order valence-corrected chi connectivity index (χ1v) is 5.64. The first-order chi connectivity index (χ1) is 7.26. The third-order valence-corrected chi connectivity index (χ3v) is 3.64. The smallest absolute Gasteiger partial charge is 0.312 e. The lowest BCUT2D eigenvalue weighted by atomic mass is 9.69. The van der Waals surface area contributed by atoms with Gasteiger partial charge in [0.1, 0.15) is 0 Å². The van der Waals surface area contributed by atoms with Crippen molar-refractivity contribution in [2.45, 2.75) is 25.7 Å². The van der Waals surface area contributed by atoms with Crippen molar-refractivity contribution in [1.29, 1.82) is 0 Å². The highest BCUT2D eigenvalue weighted by Gasteiger charge is 2.47. The first kappa shape index (κ1) is 10.9. The highest BCUT2D eigenvalue weighted by atomic mass is 16.5. The van der Waals surface area contributed by atoms with Gasteiger partial charge < -0.3 is 14.6 Å². The standard InChI is InChI=1S/C11H18O4/c12-10(13)11(4-2-6-15-8-11)9-3-1-5-14-7-9/h9H,1-8H2,(H,12,13). The van der Waals surface area contributed by atoms with E-state index in [-0.39, 0.29) is 5.92 Å². The van der Waals surface area contributed by atoms with E-state index in [9.17, 15) is 9.90 Å². The third kappa shape index (κ3) is 2.01. The van der Waals surface area contributed by atoms with Crippen LogP contribution in [0, 0.1) is 11.3 Å². The van der Waals surface area contributed by atoms with E-state index < -0.39 is 11.4 Å². The molecule has 2 rings (SSSR count). The largest absolute Gasteiger partial charge is 0.481 e. The summed E-state index contributed by atoms with van der Waals surface area (Å²) in [4.78, 5) is 11.4. The first-order valence-electron chi connectivity index (χ1n) is 5.64. The molecule has 1 N–H and O–H groups in total. The third-order valence-electron chi connectivity index (χ3n) is 3.64. The van der Waals surface area contributed by atoms with E-state index in [2.05, 4.69) is 0 Å². The normalized spacial score (nSPS) is 37.5. The lowest BCUT2D eigenvalue weighted by molar-refractivity contribution is -0.169. The topological polar surface area (TPSA) is 55.8 Å². The number of hydrogen-bond acceptors (Lipinski definition) is 3. The van der Waals surface area contributed by atoms with E-state index in [4.69, 9.17) is 9.47 Å². The summed E-state index contributed by atoms with van der Waals surface area (Å²) in [5.74, 6) is -0.582. The Kier molecular flexibility index (Phi) is 3.26. The van der Waals surface area contributed by atoms with Crippen LogP contribution >= 0.6 is 0 Å². The van der Waals surface area contributed by atoms with Gasteiger partial charge in [-0.05, 0) is 25.7 Å². The van der Waals surface area contributed by atoms with Crippen molar-refractivity contribution >= 4 is 5.97 Å². The van der Waals surface area contributed by atoms with Gasteiger partial charge in [0.15, 0.2) is 0 Å². The fraction of sp³-hybridized carbons (Fsp3) is 0.909. The molecular weight excluding hydrogens is 196 g/mol. The van der Waals surface area contributed by atoms with Gasteiger partial charge in [-0.2, -0.15) is 0 Å². The maximum Gasteiger partial charge on any atom is 0.312 e. The summed E-state index contributed by atoms with van der Waals surface area (Å²) in [6.45, 7) is 2.40. The minimum atomic E-state index is -0.710. The predicted molar refractivity (Wildman–Crippen MR) is 53.7 cm³/mol. The van der Waals surface area contributed by atoms with Crippen LogP contribution in [0.1, 0.15) is 25.7 Å². The molecule has 2 aliphatic rings. The molecule has 0 saturated carbocycles. The molecule has 15 heavy (non-hydrogen) atoms. The van der Waals surface area contributed by atoms with Crippen LogP contribution in [-0.2, 0) is 14.3 Å². The minimum absolute atomic E-state index is 0.129. The zero-order chi connectivity index (χ0) is 10.7. The van der Waals surface area contributed by atoms with Crippen molar-refractivity contribution in [1.82, 2.24) is 0 Å². The van der Waals surface area contributed by atoms with E-state index in [0.29, 0.717) is 19.8 Å². The van der Waals surface area contributed by atoms with Gasteiger partial charge in [0.25, 0.3) is 0 Å². The number of rotatable bonds is 2. The number of hydrogen-bond donors (Lipinski definition) is 1. The number of aliphatic carboxylic acids is 1. The van der Waals surface area contributed by atoms with Crippen molar-refractivity contribution in [3.05, 3.63) is 0 Å². The molecule has 0 amide bonds. The minimum Gasteiger partial charge on any atom is -0.481 e. The Balaban J connectivity index is 2.12. The molecule has 0 aromatic rings. The van der Waals surface area contributed by atoms with Gasteiger partial charge in [-0.1, -0.05) is 0 Å².